The molecule has 1 unspecified atom stereocenters. The average Bonchev–Trinajstić information content (AvgIpc) is 3.27. The van der Waals surface area contributed by atoms with Crippen molar-refractivity contribution in [3.05, 3.63) is 71.0 Å². The van der Waals surface area contributed by atoms with Crippen LogP contribution in [0.2, 0.25) is 0 Å². The third-order valence-electron chi connectivity index (χ3n) is 8.06. The molecule has 196 valence electrons. The number of likely N-dealkylation sites (tertiary alicyclic amines) is 1. The lowest BCUT2D eigenvalue weighted by molar-refractivity contribution is -0.140. The molecule has 2 aromatic heterocycles. The monoisotopic (exact) mass is 514 g/mol. The van der Waals surface area contributed by atoms with Gasteiger partial charge in [-0.25, -0.2) is 9.37 Å². The van der Waals surface area contributed by atoms with Crippen molar-refractivity contribution < 1.29 is 18.8 Å². The molecule has 3 aromatic rings. The van der Waals surface area contributed by atoms with Crippen LogP contribution >= 0.6 is 0 Å². The predicted molar refractivity (Wildman–Crippen MR) is 141 cm³/mol. The zero-order valence-corrected chi connectivity index (χ0v) is 21.4. The lowest BCUT2D eigenvalue weighted by Crippen LogP contribution is -2.45. The van der Waals surface area contributed by atoms with E-state index in [1.807, 2.05) is 48.2 Å². The molecule has 8 heteroatoms. The van der Waals surface area contributed by atoms with Crippen LogP contribution < -0.4 is 5.32 Å². The molecule has 1 saturated carbocycles. The van der Waals surface area contributed by atoms with Crippen LogP contribution in [0, 0.1) is 11.3 Å². The Bertz CT molecular complexity index is 1410. The molecule has 1 aromatic carbocycles. The molecule has 2 amide bonds. The van der Waals surface area contributed by atoms with E-state index < -0.39 is 17.5 Å². The first-order chi connectivity index (χ1) is 18.3. The number of amides is 2. The average molecular weight is 515 g/mol. The van der Waals surface area contributed by atoms with Crippen molar-refractivity contribution in [1.82, 2.24) is 14.9 Å². The van der Waals surface area contributed by atoms with Crippen LogP contribution in [0.1, 0.15) is 59.8 Å². The van der Waals surface area contributed by atoms with Crippen LogP contribution in [0.3, 0.4) is 0 Å². The number of alkyl halides is 1. The first kappa shape index (κ1) is 24.5. The Morgan fingerprint density at radius 1 is 1.16 bits per heavy atom. The maximum Gasteiger partial charge on any atom is 0.231 e. The topological polar surface area (TPSA) is 95.2 Å². The maximum absolute atomic E-state index is 13.7. The number of halogens is 1. The van der Waals surface area contributed by atoms with Crippen molar-refractivity contribution in [2.24, 2.45) is 11.3 Å². The highest BCUT2D eigenvalue weighted by Crippen LogP contribution is 2.42. The zero-order valence-electron chi connectivity index (χ0n) is 21.4. The minimum absolute atomic E-state index is 0.0277. The zero-order chi connectivity index (χ0) is 26.4. The summed E-state index contributed by atoms with van der Waals surface area (Å²) in [6.07, 6.45) is 3.93. The molecule has 6 rings (SSSR count). The highest BCUT2D eigenvalue weighted by Gasteiger charge is 2.46. The summed E-state index contributed by atoms with van der Waals surface area (Å²) in [4.78, 5) is 49.1. The number of anilines is 1. The number of H-pyrrole nitrogens is 1. The summed E-state index contributed by atoms with van der Waals surface area (Å²) in [5.41, 5.74) is 4.14. The number of nitrogens with one attached hydrogen (secondary N) is 2. The third-order valence-corrected chi connectivity index (χ3v) is 8.06. The molecule has 0 bridgehead atoms. The Balaban J connectivity index is 1.38. The molecule has 0 spiro atoms. The Hall–Kier alpha value is -3.81. The molecule has 3 atom stereocenters. The number of pyridine rings is 1. The van der Waals surface area contributed by atoms with E-state index in [1.54, 1.807) is 12.3 Å². The SMILES string of the molecule is CC1(C(=O)N2CCCC2)CC(=O)c2c([nH]c(-c3ccnc(NC(=O)[C@@H]4C[C@@H]4F)c3)c2Cc2ccccc2)C1. The second-order valence-electron chi connectivity index (χ2n) is 11.1. The summed E-state index contributed by atoms with van der Waals surface area (Å²) in [5, 5.41) is 2.72. The Labute approximate surface area is 220 Å². The fourth-order valence-corrected chi connectivity index (χ4v) is 5.95. The summed E-state index contributed by atoms with van der Waals surface area (Å²) in [6.45, 7) is 3.41. The number of fused-ring (bicyclic) bond motifs is 1. The molecule has 2 aliphatic carbocycles. The number of carbonyl (C=O) groups excluding carboxylic acids is 3. The van der Waals surface area contributed by atoms with E-state index in [4.69, 9.17) is 0 Å². The lowest BCUT2D eigenvalue weighted by atomic mass is 9.72. The van der Waals surface area contributed by atoms with Crippen LogP contribution in [0.5, 0.6) is 0 Å². The summed E-state index contributed by atoms with van der Waals surface area (Å²) in [5.74, 6) is -0.626. The molecule has 3 heterocycles. The van der Waals surface area contributed by atoms with Crippen LogP contribution in [-0.4, -0.2) is 51.7 Å². The smallest absolute Gasteiger partial charge is 0.231 e. The molecular weight excluding hydrogens is 483 g/mol. The number of Topliss-reactive ketones (excluding diaryl/α,β-unsaturated/α-hetero) is 1. The van der Waals surface area contributed by atoms with Gasteiger partial charge in [-0.15, -0.1) is 0 Å². The number of carbonyl (C=O) groups is 3. The van der Waals surface area contributed by atoms with Crippen LogP contribution in [-0.2, 0) is 22.4 Å². The van der Waals surface area contributed by atoms with Gasteiger partial charge in [0.05, 0.1) is 17.0 Å². The van der Waals surface area contributed by atoms with Crippen molar-refractivity contribution in [2.75, 3.05) is 18.4 Å². The lowest BCUT2D eigenvalue weighted by Gasteiger charge is -2.35. The molecule has 0 radical (unpaired) electrons. The van der Waals surface area contributed by atoms with Crippen LogP contribution in [0.15, 0.2) is 48.7 Å². The van der Waals surface area contributed by atoms with Crippen molar-refractivity contribution in [2.45, 2.75) is 51.6 Å². The quantitative estimate of drug-likeness (QED) is 0.498. The molecule has 38 heavy (non-hydrogen) atoms. The molecule has 7 nitrogen and oxygen atoms in total. The van der Waals surface area contributed by atoms with Crippen LogP contribution in [0.25, 0.3) is 11.3 Å². The second-order valence-corrected chi connectivity index (χ2v) is 11.1. The number of ketones is 1. The molecule has 2 fully saturated rings. The van der Waals surface area contributed by atoms with Gasteiger partial charge in [0.1, 0.15) is 12.0 Å². The van der Waals surface area contributed by atoms with E-state index in [1.165, 1.54) is 0 Å². The first-order valence-corrected chi connectivity index (χ1v) is 13.3. The van der Waals surface area contributed by atoms with Crippen molar-refractivity contribution in [3.8, 4) is 11.3 Å². The Morgan fingerprint density at radius 3 is 2.61 bits per heavy atom. The van der Waals surface area contributed by atoms with Crippen LogP contribution in [0.4, 0.5) is 10.2 Å². The molecule has 2 N–H and O–H groups in total. The number of rotatable bonds is 6. The number of hydrogen-bond donors (Lipinski definition) is 2. The second kappa shape index (κ2) is 9.49. The Kier molecular flexibility index (Phi) is 6.13. The number of aromatic amines is 1. The van der Waals surface area contributed by atoms with Gasteiger partial charge in [0.15, 0.2) is 5.78 Å². The van der Waals surface area contributed by atoms with Crippen molar-refractivity contribution >= 4 is 23.4 Å². The highest BCUT2D eigenvalue weighted by molar-refractivity contribution is 6.05. The number of benzene rings is 1. The third kappa shape index (κ3) is 4.52. The normalized spacial score (nSPS) is 24.3. The van der Waals surface area contributed by atoms with E-state index in [0.717, 1.165) is 54.0 Å². The summed E-state index contributed by atoms with van der Waals surface area (Å²) >= 11 is 0. The van der Waals surface area contributed by atoms with Gasteiger partial charge in [-0.1, -0.05) is 30.3 Å². The van der Waals surface area contributed by atoms with E-state index in [2.05, 4.69) is 15.3 Å². The molecule has 3 aliphatic rings. The standard InChI is InChI=1S/C30H31FN4O3/c1-30(29(38)35-11-5-6-12-35)16-23-26(24(36)17-30)21(13-18-7-3-2-4-8-18)27(33-23)19-9-10-32-25(14-19)34-28(37)20-15-22(20)31/h2-4,7-10,14,20,22,33H,5-6,11-13,15-17H2,1H3,(H,32,34,37)/t20-,22+,30?/m1/s1. The van der Waals surface area contributed by atoms with Gasteiger partial charge in [0.2, 0.25) is 11.8 Å². The summed E-state index contributed by atoms with van der Waals surface area (Å²) in [7, 11) is 0. The largest absolute Gasteiger partial charge is 0.358 e. The van der Waals surface area contributed by atoms with E-state index >= 15 is 0 Å². The van der Waals surface area contributed by atoms with Gasteiger partial charge in [0.25, 0.3) is 0 Å². The van der Waals surface area contributed by atoms with Gasteiger partial charge in [-0.3, -0.25) is 14.4 Å². The van der Waals surface area contributed by atoms with E-state index in [0.29, 0.717) is 24.2 Å². The van der Waals surface area contributed by atoms with Gasteiger partial charge in [-0.05, 0) is 49.4 Å². The first-order valence-electron chi connectivity index (χ1n) is 13.3. The summed E-state index contributed by atoms with van der Waals surface area (Å²) < 4.78 is 13.4. The van der Waals surface area contributed by atoms with Gasteiger partial charge < -0.3 is 15.2 Å². The minimum atomic E-state index is -1.09. The molecular formula is C30H31FN4O3. The van der Waals surface area contributed by atoms with Gasteiger partial charge >= 0.3 is 0 Å². The Morgan fingerprint density at radius 2 is 1.89 bits per heavy atom. The van der Waals surface area contributed by atoms with Crippen molar-refractivity contribution in [1.29, 1.82) is 0 Å². The number of hydrogen-bond acceptors (Lipinski definition) is 4. The highest BCUT2D eigenvalue weighted by atomic mass is 19.1. The molecule has 1 saturated heterocycles. The number of aromatic nitrogens is 2. The fraction of sp³-hybridized carbons (Fsp3) is 0.400. The van der Waals surface area contributed by atoms with Gasteiger partial charge in [0, 0.05) is 55.4 Å². The van der Waals surface area contributed by atoms with Crippen molar-refractivity contribution in [3.63, 3.8) is 0 Å². The minimum Gasteiger partial charge on any atom is -0.358 e. The van der Waals surface area contributed by atoms with E-state index in [-0.39, 0.29) is 30.4 Å². The fourth-order valence-electron chi connectivity index (χ4n) is 5.95. The van der Waals surface area contributed by atoms with E-state index in [9.17, 15) is 18.8 Å². The predicted octanol–water partition coefficient (Wildman–Crippen LogP) is 4.72. The maximum atomic E-state index is 13.7. The number of nitrogens with zero attached hydrogens (tertiary/aromatic N) is 2. The molecule has 1 aliphatic heterocycles. The van der Waals surface area contributed by atoms with Gasteiger partial charge in [-0.2, -0.15) is 0 Å². The summed E-state index contributed by atoms with van der Waals surface area (Å²) in [6, 6.07) is 13.5.